The Bertz CT molecular complexity index is 852. The van der Waals surface area contributed by atoms with Crippen molar-refractivity contribution in [1.82, 2.24) is 19.4 Å². The van der Waals surface area contributed by atoms with Crippen LogP contribution in [0.15, 0.2) is 36.9 Å². The number of halogens is 1. The molecule has 0 unspecified atom stereocenters. The summed E-state index contributed by atoms with van der Waals surface area (Å²) >= 11 is 0. The van der Waals surface area contributed by atoms with Gasteiger partial charge in [-0.2, -0.15) is 9.37 Å². The molecule has 1 N–H and O–H groups in total. The second kappa shape index (κ2) is 6.36. The Morgan fingerprint density at radius 1 is 1.35 bits per heavy atom. The van der Waals surface area contributed by atoms with Crippen molar-refractivity contribution in [3.05, 3.63) is 42.9 Å². The number of esters is 1. The summed E-state index contributed by atoms with van der Waals surface area (Å²) in [6.45, 7) is -1.22. The van der Waals surface area contributed by atoms with Gasteiger partial charge in [-0.25, -0.2) is 9.78 Å². The van der Waals surface area contributed by atoms with Gasteiger partial charge in [0.2, 0.25) is 11.8 Å². The Morgan fingerprint density at radius 3 is 3.00 bits per heavy atom. The molecule has 0 aliphatic carbocycles. The van der Waals surface area contributed by atoms with Crippen molar-refractivity contribution in [1.29, 1.82) is 0 Å². The van der Waals surface area contributed by atoms with E-state index in [1.807, 2.05) is 0 Å². The predicted octanol–water partition coefficient (Wildman–Crippen LogP) is 0.802. The maximum atomic E-state index is 14.2. The van der Waals surface area contributed by atoms with Crippen LogP contribution in [0.25, 0.3) is 16.9 Å². The topological polar surface area (TPSA) is 98.8 Å². The fraction of sp³-hybridized carbons (Fsp3) is 0.143. The Labute approximate surface area is 129 Å². The van der Waals surface area contributed by atoms with Crippen LogP contribution < -0.4 is 4.74 Å². The summed E-state index contributed by atoms with van der Waals surface area (Å²) in [6, 6.07) is 2.89. The molecule has 0 aromatic carbocycles. The molecule has 118 valence electrons. The standard InChI is InChI=1S/C14H11FN4O4/c15-14-9(10-5-17-11-6-16-3-4-19(10)11)1-2-12(18-14)22-7-13(21)23-8-20/h1-6,20H,7-8H2. The summed E-state index contributed by atoms with van der Waals surface area (Å²) in [5, 5.41) is 8.42. The number of ether oxygens (including phenoxy) is 2. The predicted molar refractivity (Wildman–Crippen MR) is 74.8 cm³/mol. The highest BCUT2D eigenvalue weighted by Crippen LogP contribution is 2.24. The lowest BCUT2D eigenvalue weighted by Gasteiger charge is -2.07. The summed E-state index contributed by atoms with van der Waals surface area (Å²) in [5.41, 5.74) is 1.32. The molecule has 0 atom stereocenters. The molecular weight excluding hydrogens is 307 g/mol. The van der Waals surface area contributed by atoms with Crippen molar-refractivity contribution in [3.63, 3.8) is 0 Å². The highest BCUT2D eigenvalue weighted by molar-refractivity contribution is 5.71. The number of imidazole rings is 1. The molecule has 3 rings (SSSR count). The molecule has 0 aliphatic heterocycles. The molecule has 0 radical (unpaired) electrons. The van der Waals surface area contributed by atoms with E-state index in [-0.39, 0.29) is 11.4 Å². The summed E-state index contributed by atoms with van der Waals surface area (Å²) < 4.78 is 25.2. The van der Waals surface area contributed by atoms with Gasteiger partial charge in [0.1, 0.15) is 0 Å². The summed E-state index contributed by atoms with van der Waals surface area (Å²) in [5.74, 6) is -1.62. The lowest BCUT2D eigenvalue weighted by atomic mass is 10.2. The highest BCUT2D eigenvalue weighted by Gasteiger charge is 2.13. The number of carbonyl (C=O) groups excluding carboxylic acids is 1. The first kappa shape index (κ1) is 14.9. The number of rotatable bonds is 5. The molecule has 3 heterocycles. The van der Waals surface area contributed by atoms with Crippen LogP contribution >= 0.6 is 0 Å². The molecule has 8 nitrogen and oxygen atoms in total. The van der Waals surface area contributed by atoms with Gasteiger partial charge in [0.25, 0.3) is 0 Å². The average Bonchev–Trinajstić information content (AvgIpc) is 2.97. The second-order valence-electron chi connectivity index (χ2n) is 4.37. The molecular formula is C14H11FN4O4. The molecule has 0 saturated heterocycles. The zero-order valence-corrected chi connectivity index (χ0v) is 11.7. The molecule has 0 aliphatic rings. The quantitative estimate of drug-likeness (QED) is 0.422. The van der Waals surface area contributed by atoms with Crippen molar-refractivity contribution < 1.29 is 23.8 Å². The zero-order valence-electron chi connectivity index (χ0n) is 11.7. The van der Waals surface area contributed by atoms with Crippen LogP contribution in [-0.2, 0) is 9.53 Å². The SMILES string of the molecule is O=C(COc1ccc(-c2cnc3cnccn23)c(F)n1)OCO. The van der Waals surface area contributed by atoms with Crippen molar-refractivity contribution in [2.45, 2.75) is 0 Å². The maximum absolute atomic E-state index is 14.2. The molecule has 0 fully saturated rings. The van der Waals surface area contributed by atoms with Crippen LogP contribution in [0, 0.1) is 5.95 Å². The Kier molecular flexibility index (Phi) is 4.11. The smallest absolute Gasteiger partial charge is 0.346 e. The van der Waals surface area contributed by atoms with Gasteiger partial charge in [-0.1, -0.05) is 0 Å². The summed E-state index contributed by atoms with van der Waals surface area (Å²) in [4.78, 5) is 22.8. The molecule has 9 heteroatoms. The monoisotopic (exact) mass is 318 g/mol. The highest BCUT2D eigenvalue weighted by atomic mass is 19.1. The number of aromatic nitrogens is 4. The normalized spacial score (nSPS) is 10.7. The Morgan fingerprint density at radius 2 is 2.22 bits per heavy atom. The van der Waals surface area contributed by atoms with Crippen LogP contribution in [0.2, 0.25) is 0 Å². The lowest BCUT2D eigenvalue weighted by molar-refractivity contribution is -0.154. The van der Waals surface area contributed by atoms with Crippen LogP contribution in [0.4, 0.5) is 4.39 Å². The fourth-order valence-electron chi connectivity index (χ4n) is 1.98. The van der Waals surface area contributed by atoms with E-state index in [0.29, 0.717) is 11.3 Å². The number of hydrogen-bond acceptors (Lipinski definition) is 7. The molecule has 0 saturated carbocycles. The van der Waals surface area contributed by atoms with Gasteiger partial charge in [0.05, 0.1) is 23.7 Å². The van der Waals surface area contributed by atoms with E-state index in [4.69, 9.17) is 9.84 Å². The fourth-order valence-corrected chi connectivity index (χ4v) is 1.98. The van der Waals surface area contributed by atoms with Crippen LogP contribution in [0.3, 0.4) is 0 Å². The summed E-state index contributed by atoms with van der Waals surface area (Å²) in [6.07, 6.45) is 6.29. The molecule has 3 aromatic heterocycles. The van der Waals surface area contributed by atoms with Gasteiger partial charge in [-0.3, -0.25) is 9.38 Å². The van der Waals surface area contributed by atoms with Gasteiger partial charge < -0.3 is 14.6 Å². The van der Waals surface area contributed by atoms with Crippen molar-refractivity contribution in [3.8, 4) is 17.1 Å². The minimum Gasteiger partial charge on any atom is -0.466 e. The minimum atomic E-state index is -0.784. The van der Waals surface area contributed by atoms with Gasteiger partial charge in [0, 0.05) is 18.5 Å². The number of carbonyl (C=O) groups is 1. The van der Waals surface area contributed by atoms with E-state index in [1.54, 1.807) is 23.0 Å². The largest absolute Gasteiger partial charge is 0.466 e. The van der Waals surface area contributed by atoms with Gasteiger partial charge >= 0.3 is 5.97 Å². The maximum Gasteiger partial charge on any atom is 0.346 e. The number of pyridine rings is 1. The number of nitrogens with zero attached hydrogens (tertiary/aromatic N) is 4. The van der Waals surface area contributed by atoms with E-state index in [2.05, 4.69) is 19.7 Å². The number of hydrogen-bond donors (Lipinski definition) is 1. The van der Waals surface area contributed by atoms with Crippen LogP contribution in [0.1, 0.15) is 0 Å². The van der Waals surface area contributed by atoms with E-state index >= 15 is 0 Å². The molecule has 0 amide bonds. The third-order valence-electron chi connectivity index (χ3n) is 2.98. The van der Waals surface area contributed by atoms with E-state index < -0.39 is 25.3 Å². The molecule has 0 bridgehead atoms. The first-order chi connectivity index (χ1) is 11.2. The number of aliphatic hydroxyl groups is 1. The van der Waals surface area contributed by atoms with Gasteiger partial charge in [-0.15, -0.1) is 0 Å². The van der Waals surface area contributed by atoms with Crippen molar-refractivity contribution >= 4 is 11.6 Å². The van der Waals surface area contributed by atoms with Crippen LogP contribution in [-0.4, -0.2) is 43.8 Å². The zero-order chi connectivity index (χ0) is 16.2. The van der Waals surface area contributed by atoms with Crippen LogP contribution in [0.5, 0.6) is 5.88 Å². The van der Waals surface area contributed by atoms with Gasteiger partial charge in [0.15, 0.2) is 19.0 Å². The summed E-state index contributed by atoms with van der Waals surface area (Å²) in [7, 11) is 0. The van der Waals surface area contributed by atoms with E-state index in [1.165, 1.54) is 18.3 Å². The molecule has 23 heavy (non-hydrogen) atoms. The van der Waals surface area contributed by atoms with Crippen molar-refractivity contribution in [2.75, 3.05) is 13.4 Å². The first-order valence-corrected chi connectivity index (χ1v) is 6.52. The minimum absolute atomic E-state index is 0.0726. The first-order valence-electron chi connectivity index (χ1n) is 6.52. The lowest BCUT2D eigenvalue weighted by Crippen LogP contribution is -2.15. The van der Waals surface area contributed by atoms with Gasteiger partial charge in [-0.05, 0) is 6.07 Å². The average molecular weight is 318 g/mol. The Hall–Kier alpha value is -3.07. The molecule has 0 spiro atoms. The molecule has 3 aromatic rings. The van der Waals surface area contributed by atoms with E-state index in [0.717, 1.165) is 0 Å². The third kappa shape index (κ3) is 3.09. The number of aliphatic hydroxyl groups excluding tert-OH is 1. The Balaban J connectivity index is 1.83. The van der Waals surface area contributed by atoms with E-state index in [9.17, 15) is 9.18 Å². The number of fused-ring (bicyclic) bond motifs is 1. The second-order valence-corrected chi connectivity index (χ2v) is 4.37. The third-order valence-corrected chi connectivity index (χ3v) is 2.98. The van der Waals surface area contributed by atoms with Crippen molar-refractivity contribution in [2.24, 2.45) is 0 Å².